The molecule has 4 saturated carbocycles. The van der Waals surface area contributed by atoms with Crippen molar-refractivity contribution in [2.45, 2.75) is 51.5 Å². The fourth-order valence-corrected chi connectivity index (χ4v) is 6.89. The smallest absolute Gasteiger partial charge is 0.326 e. The fourth-order valence-electron chi connectivity index (χ4n) is 6.06. The number of nitrogens with zero attached hydrogens (tertiary/aromatic N) is 1. The molecule has 0 aromatic heterocycles. The average Bonchev–Trinajstić information content (AvgIpc) is 2.96. The first kappa shape index (κ1) is 18.1. The number of rotatable bonds is 6. The van der Waals surface area contributed by atoms with Gasteiger partial charge in [-0.1, -0.05) is 11.8 Å². The summed E-state index contributed by atoms with van der Waals surface area (Å²) in [7, 11) is 0. The van der Waals surface area contributed by atoms with Crippen molar-refractivity contribution >= 4 is 28.9 Å². The third-order valence-electron chi connectivity index (χ3n) is 6.91. The van der Waals surface area contributed by atoms with E-state index in [1.54, 1.807) is 0 Å². The molecule has 5 aliphatic rings. The molecule has 7 heteroatoms. The number of hydrogen-bond donors (Lipinski definition) is 1. The minimum Gasteiger partial charge on any atom is -0.454 e. The van der Waals surface area contributed by atoms with Gasteiger partial charge in [0, 0.05) is 18.3 Å². The number of ether oxygens (including phenoxy) is 1. The summed E-state index contributed by atoms with van der Waals surface area (Å²) < 4.78 is 5.08. The van der Waals surface area contributed by atoms with Gasteiger partial charge in [0.1, 0.15) is 6.54 Å². The Labute approximate surface area is 158 Å². The van der Waals surface area contributed by atoms with E-state index in [4.69, 9.17) is 4.74 Å². The Hall–Kier alpha value is -1.24. The van der Waals surface area contributed by atoms with Crippen LogP contribution in [0, 0.1) is 23.2 Å². The molecule has 4 bridgehead atoms. The van der Waals surface area contributed by atoms with E-state index >= 15 is 0 Å². The summed E-state index contributed by atoms with van der Waals surface area (Å²) in [6, 6.07) is 0.124. The van der Waals surface area contributed by atoms with Crippen molar-refractivity contribution in [1.29, 1.82) is 0 Å². The molecule has 4 aliphatic carbocycles. The summed E-state index contributed by atoms with van der Waals surface area (Å²) in [5, 5.41) is 3.00. The standard InChI is InChI=1S/C19H28N2O4S/c1-12(19-7-13-4-14(8-19)6-15(5-13)9-19)20-16(22)11-25-17(23)10-21-2-3-26-18(21)24/h12-15H,2-11H2,1H3,(H,20,22)/t12-,13?,14?,15?,19?/m0/s1. The van der Waals surface area contributed by atoms with Crippen LogP contribution in [0.4, 0.5) is 4.79 Å². The van der Waals surface area contributed by atoms with Gasteiger partial charge < -0.3 is 15.0 Å². The Morgan fingerprint density at radius 1 is 1.23 bits per heavy atom. The molecule has 1 aliphatic heterocycles. The summed E-state index contributed by atoms with van der Waals surface area (Å²) in [6.07, 6.45) is 7.83. The van der Waals surface area contributed by atoms with Gasteiger partial charge in [-0.15, -0.1) is 0 Å². The predicted octanol–water partition coefficient (Wildman–Crippen LogP) is 2.42. The number of carbonyl (C=O) groups is 3. The minimum absolute atomic E-state index is 0.0658. The molecule has 5 fully saturated rings. The lowest BCUT2D eigenvalue weighted by Gasteiger charge is -2.59. The maximum atomic E-state index is 12.3. The molecule has 144 valence electrons. The van der Waals surface area contributed by atoms with Crippen molar-refractivity contribution < 1.29 is 19.1 Å². The molecule has 1 N–H and O–H groups in total. The normalized spacial score (nSPS) is 36.3. The maximum absolute atomic E-state index is 12.3. The molecule has 0 spiro atoms. The van der Waals surface area contributed by atoms with Gasteiger partial charge in [0.2, 0.25) is 0 Å². The number of carbonyl (C=O) groups excluding carboxylic acids is 3. The lowest BCUT2D eigenvalue weighted by Crippen LogP contribution is -2.56. The summed E-state index contributed by atoms with van der Waals surface area (Å²) in [4.78, 5) is 37.1. The summed E-state index contributed by atoms with van der Waals surface area (Å²) in [6.45, 7) is 2.36. The highest BCUT2D eigenvalue weighted by Gasteiger charge is 2.53. The quantitative estimate of drug-likeness (QED) is 0.716. The van der Waals surface area contributed by atoms with Crippen molar-refractivity contribution in [1.82, 2.24) is 10.2 Å². The Kier molecular flexibility index (Phi) is 4.92. The van der Waals surface area contributed by atoms with Crippen LogP contribution in [-0.4, -0.2) is 53.5 Å². The second kappa shape index (κ2) is 7.06. The highest BCUT2D eigenvalue weighted by Crippen LogP contribution is 2.61. The highest BCUT2D eigenvalue weighted by atomic mass is 32.2. The second-order valence-electron chi connectivity index (χ2n) is 8.77. The van der Waals surface area contributed by atoms with Gasteiger partial charge in [0.05, 0.1) is 0 Å². The Balaban J connectivity index is 1.24. The number of thioether (sulfide) groups is 1. The lowest BCUT2D eigenvalue weighted by atomic mass is 9.48. The van der Waals surface area contributed by atoms with Crippen LogP contribution in [0.2, 0.25) is 0 Å². The number of hydrogen-bond acceptors (Lipinski definition) is 5. The molecule has 0 radical (unpaired) electrons. The van der Waals surface area contributed by atoms with Crippen molar-refractivity contribution in [3.8, 4) is 0 Å². The van der Waals surface area contributed by atoms with Crippen LogP contribution < -0.4 is 5.32 Å². The molecule has 0 aromatic carbocycles. The van der Waals surface area contributed by atoms with Gasteiger partial charge in [-0.25, -0.2) is 0 Å². The van der Waals surface area contributed by atoms with Crippen molar-refractivity contribution in [3.63, 3.8) is 0 Å². The predicted molar refractivity (Wildman–Crippen MR) is 98.6 cm³/mol. The monoisotopic (exact) mass is 380 g/mol. The average molecular weight is 381 g/mol. The largest absolute Gasteiger partial charge is 0.454 e. The van der Waals surface area contributed by atoms with E-state index in [9.17, 15) is 14.4 Å². The van der Waals surface area contributed by atoms with E-state index in [0.29, 0.717) is 12.3 Å². The summed E-state index contributed by atoms with van der Waals surface area (Å²) in [5.74, 6) is 2.48. The van der Waals surface area contributed by atoms with Gasteiger partial charge in [0.15, 0.2) is 6.61 Å². The molecular weight excluding hydrogens is 352 g/mol. The first-order chi connectivity index (χ1) is 12.4. The van der Waals surface area contributed by atoms with Crippen molar-refractivity contribution in [2.75, 3.05) is 25.4 Å². The summed E-state index contributed by atoms with van der Waals surface area (Å²) in [5.41, 5.74) is 0.244. The zero-order chi connectivity index (χ0) is 18.3. The van der Waals surface area contributed by atoms with Crippen LogP contribution >= 0.6 is 11.8 Å². The van der Waals surface area contributed by atoms with E-state index in [-0.39, 0.29) is 35.8 Å². The van der Waals surface area contributed by atoms with Gasteiger partial charge >= 0.3 is 5.97 Å². The molecular formula is C19H28N2O4S. The van der Waals surface area contributed by atoms with Gasteiger partial charge in [-0.05, 0) is 68.6 Å². The Bertz CT molecular complexity index is 573. The molecule has 0 aromatic rings. The lowest BCUT2D eigenvalue weighted by molar-refractivity contribution is -0.149. The maximum Gasteiger partial charge on any atom is 0.326 e. The molecule has 6 nitrogen and oxygen atoms in total. The molecule has 5 rings (SSSR count). The molecule has 26 heavy (non-hydrogen) atoms. The Morgan fingerprint density at radius 3 is 2.38 bits per heavy atom. The Morgan fingerprint density at radius 2 is 1.85 bits per heavy atom. The molecule has 0 unspecified atom stereocenters. The van der Waals surface area contributed by atoms with E-state index in [1.807, 2.05) is 0 Å². The zero-order valence-corrected chi connectivity index (χ0v) is 16.2. The molecule has 1 heterocycles. The van der Waals surface area contributed by atoms with Gasteiger partial charge in [0.25, 0.3) is 11.1 Å². The van der Waals surface area contributed by atoms with Crippen LogP contribution in [-0.2, 0) is 14.3 Å². The zero-order valence-electron chi connectivity index (χ0n) is 15.4. The van der Waals surface area contributed by atoms with Crippen LogP contribution in [0.25, 0.3) is 0 Å². The SMILES string of the molecule is C[C@H](NC(=O)COC(=O)CN1CCSC1=O)C12CC3CC(CC(C3)C1)C2. The fraction of sp³-hybridized carbons (Fsp3) is 0.842. The summed E-state index contributed by atoms with van der Waals surface area (Å²) >= 11 is 1.21. The van der Waals surface area contributed by atoms with Crippen LogP contribution in [0.15, 0.2) is 0 Å². The second-order valence-corrected chi connectivity index (χ2v) is 9.81. The van der Waals surface area contributed by atoms with Gasteiger partial charge in [-0.2, -0.15) is 0 Å². The van der Waals surface area contributed by atoms with Crippen LogP contribution in [0.3, 0.4) is 0 Å². The number of nitrogens with one attached hydrogen (secondary N) is 1. The highest BCUT2D eigenvalue weighted by molar-refractivity contribution is 8.13. The van der Waals surface area contributed by atoms with Crippen molar-refractivity contribution in [2.24, 2.45) is 23.2 Å². The molecule has 1 atom stereocenters. The minimum atomic E-state index is -0.515. The third-order valence-corrected chi connectivity index (χ3v) is 7.80. The van der Waals surface area contributed by atoms with Crippen LogP contribution in [0.5, 0.6) is 0 Å². The topological polar surface area (TPSA) is 75.7 Å². The third kappa shape index (κ3) is 3.59. The van der Waals surface area contributed by atoms with E-state index < -0.39 is 5.97 Å². The van der Waals surface area contributed by atoms with Gasteiger partial charge in [-0.3, -0.25) is 14.4 Å². The van der Waals surface area contributed by atoms with Crippen molar-refractivity contribution in [3.05, 3.63) is 0 Å². The number of esters is 1. The first-order valence-corrected chi connectivity index (χ1v) is 10.8. The number of amides is 2. The molecule has 1 saturated heterocycles. The van der Waals surface area contributed by atoms with E-state index in [1.165, 1.54) is 55.2 Å². The van der Waals surface area contributed by atoms with Crippen LogP contribution in [0.1, 0.15) is 45.4 Å². The van der Waals surface area contributed by atoms with E-state index in [2.05, 4.69) is 12.2 Å². The first-order valence-electron chi connectivity index (χ1n) is 9.80. The molecule has 2 amide bonds. The van der Waals surface area contributed by atoms with E-state index in [0.717, 1.165) is 17.8 Å².